The van der Waals surface area contributed by atoms with Gasteiger partial charge in [-0.25, -0.2) is 15.0 Å². The predicted molar refractivity (Wildman–Crippen MR) is 112 cm³/mol. The molecule has 1 aliphatic rings. The standard InChI is InChI=1S/C20H22N6OS/c1-28-17-12-22-20(23-13-17)25-15-6-5-14(10-15)24-18-11-16(7-8-21-18)26-9-3-2-4-19(26)27/h2-4,7-9,11-15H,5-6,10H2,1H3,(H,21,24)(H,22,23,25)/t14-,15?/m0/s1. The van der Waals surface area contributed by atoms with Crippen molar-refractivity contribution in [2.24, 2.45) is 0 Å². The van der Waals surface area contributed by atoms with Gasteiger partial charge in [0.15, 0.2) is 0 Å². The van der Waals surface area contributed by atoms with Gasteiger partial charge in [0.25, 0.3) is 5.56 Å². The Balaban J connectivity index is 1.38. The van der Waals surface area contributed by atoms with Gasteiger partial charge in [0.1, 0.15) is 5.82 Å². The smallest absolute Gasteiger partial charge is 0.255 e. The second-order valence-corrected chi connectivity index (χ2v) is 7.63. The van der Waals surface area contributed by atoms with E-state index < -0.39 is 0 Å². The molecule has 2 N–H and O–H groups in total. The highest BCUT2D eigenvalue weighted by Crippen LogP contribution is 2.25. The summed E-state index contributed by atoms with van der Waals surface area (Å²) < 4.78 is 1.61. The Morgan fingerprint density at radius 2 is 1.86 bits per heavy atom. The molecule has 8 heteroatoms. The average molecular weight is 395 g/mol. The lowest BCUT2D eigenvalue weighted by Gasteiger charge is -2.16. The van der Waals surface area contributed by atoms with Crippen molar-refractivity contribution in [1.29, 1.82) is 0 Å². The largest absolute Gasteiger partial charge is 0.367 e. The lowest BCUT2D eigenvalue weighted by Crippen LogP contribution is -2.22. The topological polar surface area (TPSA) is 84.7 Å². The van der Waals surface area contributed by atoms with Crippen molar-refractivity contribution in [2.45, 2.75) is 36.2 Å². The molecule has 0 aliphatic heterocycles. The molecule has 2 atom stereocenters. The molecule has 1 fully saturated rings. The van der Waals surface area contributed by atoms with Crippen molar-refractivity contribution in [2.75, 3.05) is 16.9 Å². The number of hydrogen-bond donors (Lipinski definition) is 2. The van der Waals surface area contributed by atoms with Gasteiger partial charge in [0, 0.05) is 53.9 Å². The summed E-state index contributed by atoms with van der Waals surface area (Å²) in [6, 6.07) is 9.53. The fourth-order valence-electron chi connectivity index (χ4n) is 3.42. The number of thioether (sulfide) groups is 1. The molecule has 1 saturated carbocycles. The highest BCUT2D eigenvalue weighted by atomic mass is 32.2. The summed E-state index contributed by atoms with van der Waals surface area (Å²) in [5, 5.41) is 6.91. The molecule has 1 unspecified atom stereocenters. The molecule has 0 spiro atoms. The maximum absolute atomic E-state index is 12.0. The Kier molecular flexibility index (Phi) is 5.57. The lowest BCUT2D eigenvalue weighted by molar-refractivity contribution is 0.716. The molecular weight excluding hydrogens is 372 g/mol. The predicted octanol–water partition coefficient (Wildman–Crippen LogP) is 3.19. The van der Waals surface area contributed by atoms with Crippen LogP contribution >= 0.6 is 11.8 Å². The fourth-order valence-corrected chi connectivity index (χ4v) is 3.74. The van der Waals surface area contributed by atoms with Gasteiger partial charge in [0.05, 0.1) is 5.69 Å². The summed E-state index contributed by atoms with van der Waals surface area (Å²) in [5.74, 6) is 1.45. The maximum atomic E-state index is 12.0. The van der Waals surface area contributed by atoms with Crippen molar-refractivity contribution in [3.63, 3.8) is 0 Å². The molecule has 3 aromatic heterocycles. The summed E-state index contributed by atoms with van der Waals surface area (Å²) in [6.45, 7) is 0. The van der Waals surface area contributed by atoms with E-state index in [1.54, 1.807) is 40.9 Å². The molecule has 0 saturated heterocycles. The van der Waals surface area contributed by atoms with Gasteiger partial charge in [-0.05, 0) is 37.7 Å². The fraction of sp³-hybridized carbons (Fsp3) is 0.300. The minimum absolute atomic E-state index is 0.0581. The van der Waals surface area contributed by atoms with E-state index in [9.17, 15) is 4.79 Å². The Morgan fingerprint density at radius 3 is 2.61 bits per heavy atom. The number of pyridine rings is 2. The molecular formula is C20H22N6OS. The maximum Gasteiger partial charge on any atom is 0.255 e. The van der Waals surface area contributed by atoms with Crippen LogP contribution in [0.25, 0.3) is 5.69 Å². The Bertz CT molecular complexity index is 990. The van der Waals surface area contributed by atoms with E-state index in [0.29, 0.717) is 18.0 Å². The number of hydrogen-bond acceptors (Lipinski definition) is 7. The Labute approximate surface area is 167 Å². The monoisotopic (exact) mass is 394 g/mol. The van der Waals surface area contributed by atoms with E-state index in [0.717, 1.165) is 35.7 Å². The van der Waals surface area contributed by atoms with Crippen molar-refractivity contribution < 1.29 is 0 Å². The van der Waals surface area contributed by atoms with Crippen LogP contribution in [0.3, 0.4) is 0 Å². The number of anilines is 2. The first kappa shape index (κ1) is 18.5. The normalized spacial score (nSPS) is 18.8. The van der Waals surface area contributed by atoms with Crippen LogP contribution in [-0.4, -0.2) is 37.9 Å². The van der Waals surface area contributed by atoms with E-state index in [4.69, 9.17) is 0 Å². The minimum atomic E-state index is -0.0581. The first-order valence-corrected chi connectivity index (χ1v) is 10.5. The number of aromatic nitrogens is 4. The number of nitrogens with zero attached hydrogens (tertiary/aromatic N) is 4. The van der Waals surface area contributed by atoms with Crippen molar-refractivity contribution in [1.82, 2.24) is 19.5 Å². The van der Waals surface area contributed by atoms with E-state index in [-0.39, 0.29) is 5.56 Å². The van der Waals surface area contributed by atoms with Gasteiger partial charge in [-0.1, -0.05) is 6.07 Å². The molecule has 144 valence electrons. The van der Waals surface area contributed by atoms with Crippen LogP contribution in [-0.2, 0) is 0 Å². The molecule has 0 amide bonds. The van der Waals surface area contributed by atoms with Gasteiger partial charge < -0.3 is 10.6 Å². The molecule has 0 radical (unpaired) electrons. The van der Waals surface area contributed by atoms with Gasteiger partial charge in [-0.3, -0.25) is 9.36 Å². The molecule has 1 aliphatic carbocycles. The van der Waals surface area contributed by atoms with Crippen LogP contribution in [0.2, 0.25) is 0 Å². The average Bonchev–Trinajstić information content (AvgIpc) is 3.16. The van der Waals surface area contributed by atoms with Crippen LogP contribution in [0.15, 0.2) is 64.8 Å². The summed E-state index contributed by atoms with van der Waals surface area (Å²) in [5.41, 5.74) is 0.746. The van der Waals surface area contributed by atoms with E-state index in [1.165, 1.54) is 0 Å². The molecule has 7 nitrogen and oxygen atoms in total. The molecule has 0 bridgehead atoms. The Hall–Kier alpha value is -2.87. The van der Waals surface area contributed by atoms with Crippen LogP contribution < -0.4 is 16.2 Å². The summed E-state index contributed by atoms with van der Waals surface area (Å²) in [7, 11) is 0. The van der Waals surface area contributed by atoms with Gasteiger partial charge >= 0.3 is 0 Å². The van der Waals surface area contributed by atoms with Crippen molar-refractivity contribution >= 4 is 23.5 Å². The first-order chi connectivity index (χ1) is 13.7. The van der Waals surface area contributed by atoms with E-state index in [1.807, 2.05) is 36.8 Å². The zero-order valence-electron chi connectivity index (χ0n) is 15.6. The van der Waals surface area contributed by atoms with Crippen molar-refractivity contribution in [3.05, 3.63) is 65.5 Å². The zero-order valence-corrected chi connectivity index (χ0v) is 16.4. The molecule has 3 aromatic rings. The highest BCUT2D eigenvalue weighted by Gasteiger charge is 2.25. The Morgan fingerprint density at radius 1 is 1.07 bits per heavy atom. The number of nitrogens with one attached hydrogen (secondary N) is 2. The third-order valence-corrected chi connectivity index (χ3v) is 5.51. The SMILES string of the molecule is CSc1cnc(NC2CC[C@H](Nc3cc(-n4ccccc4=O)ccn3)C2)nc1. The van der Waals surface area contributed by atoms with E-state index >= 15 is 0 Å². The van der Waals surface area contributed by atoms with Crippen LogP contribution in [0, 0.1) is 0 Å². The summed E-state index contributed by atoms with van der Waals surface area (Å²) >= 11 is 1.63. The minimum Gasteiger partial charge on any atom is -0.367 e. The number of rotatable bonds is 6. The third-order valence-electron chi connectivity index (χ3n) is 4.83. The third kappa shape index (κ3) is 4.33. The molecule has 4 rings (SSSR count). The molecule has 0 aromatic carbocycles. The molecule has 3 heterocycles. The van der Waals surface area contributed by atoms with Crippen LogP contribution in [0.1, 0.15) is 19.3 Å². The first-order valence-electron chi connectivity index (χ1n) is 9.24. The van der Waals surface area contributed by atoms with Crippen LogP contribution in [0.4, 0.5) is 11.8 Å². The van der Waals surface area contributed by atoms with Gasteiger partial charge in [-0.2, -0.15) is 0 Å². The highest BCUT2D eigenvalue weighted by molar-refractivity contribution is 7.98. The van der Waals surface area contributed by atoms with E-state index in [2.05, 4.69) is 25.6 Å². The lowest BCUT2D eigenvalue weighted by atomic mass is 10.2. The summed E-state index contributed by atoms with van der Waals surface area (Å²) in [4.78, 5) is 26.2. The van der Waals surface area contributed by atoms with Gasteiger partial charge in [-0.15, -0.1) is 11.8 Å². The summed E-state index contributed by atoms with van der Waals surface area (Å²) in [6.07, 6.45) is 12.2. The second kappa shape index (κ2) is 8.43. The van der Waals surface area contributed by atoms with Gasteiger partial charge in [0.2, 0.25) is 5.95 Å². The second-order valence-electron chi connectivity index (χ2n) is 6.75. The molecule has 28 heavy (non-hydrogen) atoms. The van der Waals surface area contributed by atoms with Crippen molar-refractivity contribution in [3.8, 4) is 5.69 Å². The quantitative estimate of drug-likeness (QED) is 0.621. The van der Waals surface area contributed by atoms with Crippen LogP contribution in [0.5, 0.6) is 0 Å². The zero-order chi connectivity index (χ0) is 19.3.